The number of esters is 1. The number of carbonyl (C=O) groups is 1. The van der Waals surface area contributed by atoms with E-state index in [9.17, 15) is 4.79 Å². The van der Waals surface area contributed by atoms with Gasteiger partial charge in [-0.2, -0.15) is 0 Å². The zero-order valence-corrected chi connectivity index (χ0v) is 15.0. The molecule has 0 spiro atoms. The summed E-state index contributed by atoms with van der Waals surface area (Å²) in [7, 11) is 3.29. The minimum Gasteiger partial charge on any atom is -0.493 e. The van der Waals surface area contributed by atoms with Crippen molar-refractivity contribution in [1.29, 1.82) is 0 Å². The number of imidazole rings is 1. The van der Waals surface area contributed by atoms with Gasteiger partial charge in [0.1, 0.15) is 28.9 Å². The second-order valence-corrected chi connectivity index (χ2v) is 6.33. The van der Waals surface area contributed by atoms with Gasteiger partial charge in [-0.3, -0.25) is 0 Å². The van der Waals surface area contributed by atoms with Gasteiger partial charge in [0.2, 0.25) is 0 Å². The van der Waals surface area contributed by atoms with E-state index in [1.165, 1.54) is 7.11 Å². The molecule has 6 heteroatoms. The molecule has 0 bridgehead atoms. The van der Waals surface area contributed by atoms with Crippen molar-refractivity contribution >= 4 is 17.0 Å². The molecule has 26 heavy (non-hydrogen) atoms. The first-order chi connectivity index (χ1) is 12.6. The largest absolute Gasteiger partial charge is 0.493 e. The van der Waals surface area contributed by atoms with E-state index in [-0.39, 0.29) is 6.10 Å². The summed E-state index contributed by atoms with van der Waals surface area (Å²) in [4.78, 5) is 16.7. The number of ether oxygens (including phenoxy) is 3. The SMILES string of the molecule is COC(=O)c1cc(OC2CCOc3ccccc32)c2nc(C)n(C)c2c1. The lowest BCUT2D eigenvalue weighted by Crippen LogP contribution is -2.18. The molecular weight excluding hydrogens is 332 g/mol. The molecule has 1 aliphatic heterocycles. The standard InChI is InChI=1S/C20H20N2O4/c1-12-21-19-15(22(12)2)10-13(20(23)24-3)11-18(19)26-17-8-9-25-16-7-5-4-6-14(16)17/h4-7,10-11,17H,8-9H2,1-3H3. The molecule has 4 rings (SSSR count). The van der Waals surface area contributed by atoms with E-state index >= 15 is 0 Å². The number of hydrogen-bond donors (Lipinski definition) is 0. The average molecular weight is 352 g/mol. The summed E-state index contributed by atoms with van der Waals surface area (Å²) >= 11 is 0. The third-order valence-electron chi connectivity index (χ3n) is 4.77. The van der Waals surface area contributed by atoms with Gasteiger partial charge in [0.05, 0.1) is 24.8 Å². The van der Waals surface area contributed by atoms with E-state index in [0.29, 0.717) is 17.9 Å². The highest BCUT2D eigenvalue weighted by molar-refractivity contribution is 5.96. The minimum atomic E-state index is -0.400. The Labute approximate surface area is 151 Å². The molecule has 0 fully saturated rings. The Bertz CT molecular complexity index is 993. The van der Waals surface area contributed by atoms with Crippen LogP contribution >= 0.6 is 0 Å². The molecule has 0 saturated heterocycles. The average Bonchev–Trinajstić information content (AvgIpc) is 2.96. The predicted octanol–water partition coefficient (Wildman–Crippen LogP) is 3.57. The molecule has 1 aliphatic rings. The minimum absolute atomic E-state index is 0.154. The van der Waals surface area contributed by atoms with Crippen LogP contribution in [0.3, 0.4) is 0 Å². The fourth-order valence-corrected chi connectivity index (χ4v) is 3.28. The van der Waals surface area contributed by atoms with Gasteiger partial charge in [0.15, 0.2) is 0 Å². The van der Waals surface area contributed by atoms with Crippen LogP contribution in [0.5, 0.6) is 11.5 Å². The van der Waals surface area contributed by atoms with Gasteiger partial charge in [0.25, 0.3) is 0 Å². The predicted molar refractivity (Wildman–Crippen MR) is 96.7 cm³/mol. The molecule has 3 aromatic rings. The molecule has 0 radical (unpaired) electrons. The van der Waals surface area contributed by atoms with Gasteiger partial charge >= 0.3 is 5.97 Å². The van der Waals surface area contributed by atoms with Crippen molar-refractivity contribution in [3.8, 4) is 11.5 Å². The van der Waals surface area contributed by atoms with Crippen molar-refractivity contribution in [3.05, 3.63) is 53.3 Å². The fraction of sp³-hybridized carbons (Fsp3) is 0.300. The van der Waals surface area contributed by atoms with Gasteiger partial charge in [-0.05, 0) is 25.1 Å². The molecule has 2 aromatic carbocycles. The number of nitrogens with zero attached hydrogens (tertiary/aromatic N) is 2. The summed E-state index contributed by atoms with van der Waals surface area (Å²) in [6.45, 7) is 2.51. The molecule has 1 unspecified atom stereocenters. The van der Waals surface area contributed by atoms with E-state index in [4.69, 9.17) is 14.2 Å². The van der Waals surface area contributed by atoms with Crippen LogP contribution in [0, 0.1) is 6.92 Å². The lowest BCUT2D eigenvalue weighted by atomic mass is 10.0. The van der Waals surface area contributed by atoms with Crippen LogP contribution in [-0.4, -0.2) is 29.2 Å². The summed E-state index contributed by atoms with van der Waals surface area (Å²) in [6, 6.07) is 11.3. The maximum Gasteiger partial charge on any atom is 0.338 e. The Kier molecular flexibility index (Phi) is 4.03. The number of hydrogen-bond acceptors (Lipinski definition) is 5. The third-order valence-corrected chi connectivity index (χ3v) is 4.77. The third kappa shape index (κ3) is 2.67. The van der Waals surface area contributed by atoms with Crippen LogP contribution < -0.4 is 9.47 Å². The van der Waals surface area contributed by atoms with Crippen molar-refractivity contribution in [2.24, 2.45) is 7.05 Å². The normalized spacial score (nSPS) is 16.0. The van der Waals surface area contributed by atoms with Crippen LogP contribution in [0.2, 0.25) is 0 Å². The zero-order valence-electron chi connectivity index (χ0n) is 15.0. The van der Waals surface area contributed by atoms with Gasteiger partial charge in [0, 0.05) is 19.0 Å². The molecular formula is C20H20N2O4. The first-order valence-electron chi connectivity index (χ1n) is 8.52. The summed E-state index contributed by atoms with van der Waals surface area (Å²) in [5, 5.41) is 0. The highest BCUT2D eigenvalue weighted by Gasteiger charge is 2.25. The second-order valence-electron chi connectivity index (χ2n) is 6.33. The summed E-state index contributed by atoms with van der Waals surface area (Å²) in [6.07, 6.45) is 0.575. The molecule has 0 N–H and O–H groups in total. The van der Waals surface area contributed by atoms with E-state index in [2.05, 4.69) is 4.98 Å². The number of rotatable bonds is 3. The van der Waals surface area contributed by atoms with Crippen molar-refractivity contribution in [1.82, 2.24) is 9.55 Å². The fourth-order valence-electron chi connectivity index (χ4n) is 3.28. The van der Waals surface area contributed by atoms with E-state index in [1.807, 2.05) is 42.8 Å². The number of fused-ring (bicyclic) bond motifs is 2. The first kappa shape index (κ1) is 16.4. The number of carbonyl (C=O) groups excluding carboxylic acids is 1. The number of para-hydroxylation sites is 1. The molecule has 1 atom stereocenters. The van der Waals surface area contributed by atoms with E-state index in [0.717, 1.165) is 34.6 Å². The smallest absolute Gasteiger partial charge is 0.338 e. The Balaban J connectivity index is 1.81. The molecule has 0 aliphatic carbocycles. The van der Waals surface area contributed by atoms with Crippen molar-refractivity contribution in [3.63, 3.8) is 0 Å². The molecule has 0 amide bonds. The van der Waals surface area contributed by atoms with Crippen LogP contribution in [-0.2, 0) is 11.8 Å². The summed E-state index contributed by atoms with van der Waals surface area (Å²) in [5.74, 6) is 1.86. The van der Waals surface area contributed by atoms with Crippen molar-refractivity contribution < 1.29 is 19.0 Å². The monoisotopic (exact) mass is 352 g/mol. The van der Waals surface area contributed by atoms with Crippen molar-refractivity contribution in [2.45, 2.75) is 19.4 Å². The maximum absolute atomic E-state index is 12.1. The number of aryl methyl sites for hydroxylation is 2. The molecule has 1 aromatic heterocycles. The Hall–Kier alpha value is -3.02. The Morgan fingerprint density at radius 3 is 2.92 bits per heavy atom. The molecule has 0 saturated carbocycles. The van der Waals surface area contributed by atoms with Gasteiger partial charge in [-0.15, -0.1) is 0 Å². The van der Waals surface area contributed by atoms with Crippen molar-refractivity contribution in [2.75, 3.05) is 13.7 Å². The molecule has 134 valence electrons. The molecule has 2 heterocycles. The van der Waals surface area contributed by atoms with Gasteiger partial charge < -0.3 is 18.8 Å². The number of benzene rings is 2. The zero-order chi connectivity index (χ0) is 18.3. The quantitative estimate of drug-likeness (QED) is 0.674. The van der Waals surface area contributed by atoms with Crippen LogP contribution in [0.25, 0.3) is 11.0 Å². The topological polar surface area (TPSA) is 62.6 Å². The Morgan fingerprint density at radius 1 is 1.31 bits per heavy atom. The van der Waals surface area contributed by atoms with Gasteiger partial charge in [-0.25, -0.2) is 9.78 Å². The van der Waals surface area contributed by atoms with Crippen LogP contribution in [0.4, 0.5) is 0 Å². The highest BCUT2D eigenvalue weighted by Crippen LogP contribution is 2.37. The maximum atomic E-state index is 12.1. The number of methoxy groups -OCH3 is 1. The lowest BCUT2D eigenvalue weighted by molar-refractivity contribution is 0.0599. The highest BCUT2D eigenvalue weighted by atomic mass is 16.5. The van der Waals surface area contributed by atoms with Crippen LogP contribution in [0.15, 0.2) is 36.4 Å². The summed E-state index contributed by atoms with van der Waals surface area (Å²) < 4.78 is 18.9. The first-order valence-corrected chi connectivity index (χ1v) is 8.52. The lowest BCUT2D eigenvalue weighted by Gasteiger charge is -2.26. The van der Waals surface area contributed by atoms with E-state index < -0.39 is 5.97 Å². The second kappa shape index (κ2) is 6.37. The Morgan fingerprint density at radius 2 is 2.12 bits per heavy atom. The molecule has 6 nitrogen and oxygen atoms in total. The van der Waals surface area contributed by atoms with E-state index in [1.54, 1.807) is 12.1 Å². The van der Waals surface area contributed by atoms with Gasteiger partial charge in [-0.1, -0.05) is 18.2 Å². The number of aromatic nitrogens is 2. The van der Waals surface area contributed by atoms with Crippen LogP contribution in [0.1, 0.15) is 34.3 Å². The summed E-state index contributed by atoms with van der Waals surface area (Å²) in [5.41, 5.74) is 3.02.